The van der Waals surface area contributed by atoms with Crippen LogP contribution in [0, 0.1) is 6.92 Å². The van der Waals surface area contributed by atoms with Crippen LogP contribution in [0.1, 0.15) is 31.4 Å². The predicted octanol–water partition coefficient (Wildman–Crippen LogP) is 2.86. The number of carbonyl (C=O) groups excluding carboxylic acids is 1. The van der Waals surface area contributed by atoms with E-state index in [1.54, 1.807) is 0 Å². The number of aryl methyl sites for hydroxylation is 1. The van der Waals surface area contributed by atoms with Gasteiger partial charge in [-0.2, -0.15) is 0 Å². The summed E-state index contributed by atoms with van der Waals surface area (Å²) in [5, 5.41) is 0. The zero-order chi connectivity index (χ0) is 9.90. The monoisotopic (exact) mass is 176 g/mol. The Hall–Kier alpha value is -1.11. The first-order chi connectivity index (χ1) is 6.06. The van der Waals surface area contributed by atoms with Crippen LogP contribution in [-0.4, -0.2) is 6.29 Å². The van der Waals surface area contributed by atoms with Gasteiger partial charge in [-0.25, -0.2) is 0 Å². The van der Waals surface area contributed by atoms with Crippen molar-refractivity contribution >= 4 is 6.29 Å². The molecule has 0 fully saturated rings. The van der Waals surface area contributed by atoms with Crippen molar-refractivity contribution in [1.29, 1.82) is 0 Å². The minimum Gasteiger partial charge on any atom is -0.303 e. The Labute approximate surface area is 79.8 Å². The fourth-order valence-electron chi connectivity index (χ4n) is 1.33. The summed E-state index contributed by atoms with van der Waals surface area (Å²) in [6, 6.07) is 8.36. The highest BCUT2D eigenvalue weighted by molar-refractivity contribution is 5.53. The molecule has 1 aromatic carbocycles. The molecule has 0 amide bonds. The van der Waals surface area contributed by atoms with Gasteiger partial charge in [0.1, 0.15) is 6.29 Å². The van der Waals surface area contributed by atoms with E-state index in [-0.39, 0.29) is 5.41 Å². The summed E-state index contributed by atoms with van der Waals surface area (Å²) in [5.41, 5.74) is 2.45. The molecule has 1 nitrogen and oxygen atoms in total. The third kappa shape index (κ3) is 2.41. The molecule has 0 unspecified atom stereocenters. The van der Waals surface area contributed by atoms with Crippen LogP contribution in [0.5, 0.6) is 0 Å². The Balaban J connectivity index is 2.93. The maximum atomic E-state index is 10.5. The zero-order valence-corrected chi connectivity index (χ0v) is 8.50. The van der Waals surface area contributed by atoms with Crippen LogP contribution in [-0.2, 0) is 10.2 Å². The van der Waals surface area contributed by atoms with Crippen LogP contribution in [0.15, 0.2) is 24.3 Å². The average Bonchev–Trinajstić information content (AvgIpc) is 2.05. The Kier molecular flexibility index (Phi) is 2.86. The van der Waals surface area contributed by atoms with E-state index in [0.717, 1.165) is 6.29 Å². The lowest BCUT2D eigenvalue weighted by Gasteiger charge is -2.22. The summed E-state index contributed by atoms with van der Waals surface area (Å²) < 4.78 is 0. The Morgan fingerprint density at radius 2 is 1.77 bits per heavy atom. The van der Waals surface area contributed by atoms with Gasteiger partial charge in [0, 0.05) is 6.42 Å². The highest BCUT2D eigenvalue weighted by Gasteiger charge is 2.19. The highest BCUT2D eigenvalue weighted by atomic mass is 16.1. The summed E-state index contributed by atoms with van der Waals surface area (Å²) in [5.74, 6) is 0. The van der Waals surface area contributed by atoms with Gasteiger partial charge in [-0.05, 0) is 17.9 Å². The van der Waals surface area contributed by atoms with Gasteiger partial charge in [-0.1, -0.05) is 43.7 Å². The van der Waals surface area contributed by atoms with E-state index in [2.05, 4.69) is 45.0 Å². The fraction of sp³-hybridized carbons (Fsp3) is 0.417. The first-order valence-electron chi connectivity index (χ1n) is 4.57. The van der Waals surface area contributed by atoms with E-state index < -0.39 is 0 Å². The quantitative estimate of drug-likeness (QED) is 0.647. The SMILES string of the molecule is Cc1ccc(C(C)(C)CC=O)cc1. The number of hydrogen-bond donors (Lipinski definition) is 0. The maximum absolute atomic E-state index is 10.5. The molecule has 70 valence electrons. The van der Waals surface area contributed by atoms with Crippen LogP contribution in [0.25, 0.3) is 0 Å². The molecule has 0 aliphatic rings. The lowest BCUT2D eigenvalue weighted by Crippen LogP contribution is -2.17. The summed E-state index contributed by atoms with van der Waals surface area (Å²) >= 11 is 0. The molecule has 0 saturated carbocycles. The van der Waals surface area contributed by atoms with Gasteiger partial charge in [0.25, 0.3) is 0 Å². The molecule has 0 heterocycles. The molecular weight excluding hydrogens is 160 g/mol. The highest BCUT2D eigenvalue weighted by Crippen LogP contribution is 2.25. The largest absolute Gasteiger partial charge is 0.303 e. The Morgan fingerprint density at radius 1 is 1.23 bits per heavy atom. The second-order valence-electron chi connectivity index (χ2n) is 4.12. The zero-order valence-electron chi connectivity index (χ0n) is 8.50. The van der Waals surface area contributed by atoms with Crippen LogP contribution >= 0.6 is 0 Å². The van der Waals surface area contributed by atoms with Gasteiger partial charge in [0.15, 0.2) is 0 Å². The number of benzene rings is 1. The summed E-state index contributed by atoms with van der Waals surface area (Å²) in [6.45, 7) is 6.24. The molecule has 0 aromatic heterocycles. The molecule has 0 bridgehead atoms. The summed E-state index contributed by atoms with van der Waals surface area (Å²) in [4.78, 5) is 10.5. The molecule has 1 aromatic rings. The van der Waals surface area contributed by atoms with Gasteiger partial charge < -0.3 is 4.79 Å². The third-order valence-electron chi connectivity index (χ3n) is 2.43. The van der Waals surface area contributed by atoms with Gasteiger partial charge in [-0.15, -0.1) is 0 Å². The topological polar surface area (TPSA) is 17.1 Å². The first-order valence-corrected chi connectivity index (χ1v) is 4.57. The molecule has 1 rings (SSSR count). The van der Waals surface area contributed by atoms with Crippen molar-refractivity contribution in [2.45, 2.75) is 32.6 Å². The summed E-state index contributed by atoms with van der Waals surface area (Å²) in [6.07, 6.45) is 1.57. The molecule has 0 radical (unpaired) electrons. The molecular formula is C12H16O. The normalized spacial score (nSPS) is 11.3. The Bertz CT molecular complexity index is 282. The number of aldehydes is 1. The van der Waals surface area contributed by atoms with Crippen LogP contribution in [0.3, 0.4) is 0 Å². The molecule has 1 heteroatoms. The van der Waals surface area contributed by atoms with Crippen molar-refractivity contribution in [3.05, 3.63) is 35.4 Å². The van der Waals surface area contributed by atoms with Crippen LogP contribution in [0.4, 0.5) is 0 Å². The minimum atomic E-state index is -0.0323. The van der Waals surface area contributed by atoms with E-state index in [9.17, 15) is 4.79 Å². The van der Waals surface area contributed by atoms with Crippen molar-refractivity contribution in [2.75, 3.05) is 0 Å². The van der Waals surface area contributed by atoms with Gasteiger partial charge in [-0.3, -0.25) is 0 Å². The van der Waals surface area contributed by atoms with Crippen molar-refractivity contribution in [1.82, 2.24) is 0 Å². The second kappa shape index (κ2) is 3.73. The molecule has 0 saturated heterocycles. The van der Waals surface area contributed by atoms with Crippen LogP contribution < -0.4 is 0 Å². The smallest absolute Gasteiger partial charge is 0.120 e. The summed E-state index contributed by atoms with van der Waals surface area (Å²) in [7, 11) is 0. The number of rotatable bonds is 3. The standard InChI is InChI=1S/C12H16O/c1-10-4-6-11(7-5-10)12(2,3)8-9-13/h4-7,9H,8H2,1-3H3. The van der Waals surface area contributed by atoms with E-state index >= 15 is 0 Å². The van der Waals surface area contributed by atoms with E-state index in [1.165, 1.54) is 11.1 Å². The van der Waals surface area contributed by atoms with Crippen molar-refractivity contribution in [3.8, 4) is 0 Å². The second-order valence-corrected chi connectivity index (χ2v) is 4.12. The average molecular weight is 176 g/mol. The fourth-order valence-corrected chi connectivity index (χ4v) is 1.33. The lowest BCUT2D eigenvalue weighted by atomic mass is 9.82. The molecule has 13 heavy (non-hydrogen) atoms. The lowest BCUT2D eigenvalue weighted by molar-refractivity contribution is -0.108. The predicted molar refractivity (Wildman–Crippen MR) is 54.9 cm³/mol. The molecule has 0 spiro atoms. The molecule has 0 atom stereocenters. The maximum Gasteiger partial charge on any atom is 0.120 e. The van der Waals surface area contributed by atoms with Crippen molar-refractivity contribution in [3.63, 3.8) is 0 Å². The minimum absolute atomic E-state index is 0.0323. The Morgan fingerprint density at radius 3 is 2.23 bits per heavy atom. The molecule has 0 aliphatic heterocycles. The van der Waals surface area contributed by atoms with E-state index in [4.69, 9.17) is 0 Å². The number of carbonyl (C=O) groups is 1. The van der Waals surface area contributed by atoms with Crippen molar-refractivity contribution < 1.29 is 4.79 Å². The third-order valence-corrected chi connectivity index (χ3v) is 2.43. The van der Waals surface area contributed by atoms with Gasteiger partial charge >= 0.3 is 0 Å². The first kappa shape index (κ1) is 9.97. The van der Waals surface area contributed by atoms with Gasteiger partial charge in [0.05, 0.1) is 0 Å². The van der Waals surface area contributed by atoms with Gasteiger partial charge in [0.2, 0.25) is 0 Å². The number of hydrogen-bond acceptors (Lipinski definition) is 1. The molecule has 0 N–H and O–H groups in total. The van der Waals surface area contributed by atoms with E-state index in [1.807, 2.05) is 0 Å². The molecule has 0 aliphatic carbocycles. The van der Waals surface area contributed by atoms with Crippen LogP contribution in [0.2, 0.25) is 0 Å². The van der Waals surface area contributed by atoms with E-state index in [0.29, 0.717) is 6.42 Å². The van der Waals surface area contributed by atoms with Crippen molar-refractivity contribution in [2.24, 2.45) is 0 Å².